The Labute approximate surface area is 63.1 Å². The minimum absolute atomic E-state index is 0.285. The highest BCUT2D eigenvalue weighted by molar-refractivity contribution is 5.75. The van der Waals surface area contributed by atoms with Crippen LogP contribution in [0.4, 0.5) is 0 Å². The predicted octanol–water partition coefficient (Wildman–Crippen LogP) is 2.71. The van der Waals surface area contributed by atoms with Gasteiger partial charge in [0.05, 0.1) is 0 Å². The van der Waals surface area contributed by atoms with Gasteiger partial charge >= 0.3 is 0 Å². The molecule has 1 nitrogen and oxygen atoms in total. The minimum atomic E-state index is 0.285. The van der Waals surface area contributed by atoms with E-state index in [0.29, 0.717) is 6.42 Å². The number of Topliss-reactive ketones (excluding diaryl/α,β-unsaturated/α-hetero) is 1. The first kappa shape index (κ1) is 9.41. The summed E-state index contributed by atoms with van der Waals surface area (Å²) < 4.78 is 0. The molecular weight excluding hydrogens is 124 g/mol. The molecule has 0 spiro atoms. The van der Waals surface area contributed by atoms with Crippen molar-refractivity contribution in [3.63, 3.8) is 0 Å². The normalized spacial score (nSPS) is 11.7. The van der Waals surface area contributed by atoms with Crippen molar-refractivity contribution in [2.75, 3.05) is 0 Å². The number of rotatable bonds is 4. The largest absolute Gasteiger partial charge is 0.300 e. The fourth-order valence-electron chi connectivity index (χ4n) is 0.862. The molecule has 0 aliphatic heterocycles. The molecule has 0 aromatic rings. The number of allylic oxidation sites excluding steroid dienone is 2. The molecule has 0 atom stereocenters. The smallest absolute Gasteiger partial charge is 0.130 e. The van der Waals surface area contributed by atoms with Crippen LogP contribution in [0.2, 0.25) is 0 Å². The fourth-order valence-corrected chi connectivity index (χ4v) is 0.862. The Hall–Kier alpha value is -0.590. The molecule has 0 aliphatic carbocycles. The van der Waals surface area contributed by atoms with Gasteiger partial charge in [0.2, 0.25) is 0 Å². The Balaban J connectivity index is 3.56. The zero-order chi connectivity index (χ0) is 7.98. The summed E-state index contributed by atoms with van der Waals surface area (Å²) >= 11 is 0. The molecule has 0 heterocycles. The SMILES string of the molecule is CC=C(CC)CCC(C)=O. The lowest BCUT2D eigenvalue weighted by molar-refractivity contribution is -0.116. The van der Waals surface area contributed by atoms with E-state index in [1.54, 1.807) is 6.92 Å². The highest BCUT2D eigenvalue weighted by Crippen LogP contribution is 2.08. The molecule has 10 heavy (non-hydrogen) atoms. The van der Waals surface area contributed by atoms with Gasteiger partial charge in [0.1, 0.15) is 5.78 Å². The predicted molar refractivity (Wildman–Crippen MR) is 44.0 cm³/mol. The van der Waals surface area contributed by atoms with Crippen molar-refractivity contribution < 1.29 is 4.79 Å². The van der Waals surface area contributed by atoms with Crippen LogP contribution < -0.4 is 0 Å². The molecule has 1 heteroatoms. The lowest BCUT2D eigenvalue weighted by atomic mass is 10.1. The van der Waals surface area contributed by atoms with Crippen molar-refractivity contribution in [2.45, 2.75) is 40.0 Å². The van der Waals surface area contributed by atoms with Crippen LogP contribution in [0.3, 0.4) is 0 Å². The lowest BCUT2D eigenvalue weighted by Gasteiger charge is -1.99. The van der Waals surface area contributed by atoms with Gasteiger partial charge in [-0.2, -0.15) is 0 Å². The van der Waals surface area contributed by atoms with Gasteiger partial charge in [-0.3, -0.25) is 0 Å². The van der Waals surface area contributed by atoms with Crippen molar-refractivity contribution in [1.82, 2.24) is 0 Å². The van der Waals surface area contributed by atoms with Gasteiger partial charge in [-0.1, -0.05) is 18.6 Å². The summed E-state index contributed by atoms with van der Waals surface area (Å²) in [6, 6.07) is 0. The number of carbonyl (C=O) groups is 1. The van der Waals surface area contributed by atoms with Crippen molar-refractivity contribution in [3.8, 4) is 0 Å². The van der Waals surface area contributed by atoms with Crippen LogP contribution in [0.1, 0.15) is 40.0 Å². The molecule has 0 fully saturated rings. The monoisotopic (exact) mass is 140 g/mol. The summed E-state index contributed by atoms with van der Waals surface area (Å²) in [6.45, 7) is 5.79. The summed E-state index contributed by atoms with van der Waals surface area (Å²) in [5.74, 6) is 0.285. The van der Waals surface area contributed by atoms with E-state index in [0.717, 1.165) is 12.8 Å². The van der Waals surface area contributed by atoms with Gasteiger partial charge in [-0.05, 0) is 26.7 Å². The highest BCUT2D eigenvalue weighted by atomic mass is 16.1. The first-order valence-electron chi connectivity index (χ1n) is 3.84. The van der Waals surface area contributed by atoms with E-state index in [2.05, 4.69) is 13.0 Å². The van der Waals surface area contributed by atoms with Crippen LogP contribution in [0.15, 0.2) is 11.6 Å². The first-order chi connectivity index (χ1) is 4.70. The molecule has 0 bridgehead atoms. The van der Waals surface area contributed by atoms with Crippen LogP contribution in [0, 0.1) is 0 Å². The number of hydrogen-bond donors (Lipinski definition) is 0. The standard InChI is InChI=1S/C9H16O/c1-4-9(5-2)7-6-8(3)10/h4H,5-7H2,1-3H3. The third kappa shape index (κ3) is 4.30. The Bertz CT molecular complexity index is 134. The topological polar surface area (TPSA) is 17.1 Å². The fraction of sp³-hybridized carbons (Fsp3) is 0.667. The van der Waals surface area contributed by atoms with Gasteiger partial charge in [0.15, 0.2) is 0 Å². The number of ketones is 1. The maximum atomic E-state index is 10.6. The molecule has 0 amide bonds. The molecule has 0 aromatic heterocycles. The molecule has 0 rings (SSSR count). The molecule has 0 saturated carbocycles. The van der Waals surface area contributed by atoms with Gasteiger partial charge in [-0.15, -0.1) is 0 Å². The summed E-state index contributed by atoms with van der Waals surface area (Å²) in [7, 11) is 0. The van der Waals surface area contributed by atoms with E-state index < -0.39 is 0 Å². The van der Waals surface area contributed by atoms with Crippen molar-refractivity contribution in [1.29, 1.82) is 0 Å². The Kier molecular flexibility index (Phi) is 4.91. The van der Waals surface area contributed by atoms with Crippen molar-refractivity contribution >= 4 is 5.78 Å². The second kappa shape index (κ2) is 5.21. The second-order valence-electron chi connectivity index (χ2n) is 2.50. The van der Waals surface area contributed by atoms with Crippen LogP contribution in [-0.2, 0) is 4.79 Å². The lowest BCUT2D eigenvalue weighted by Crippen LogP contribution is -1.90. The Morgan fingerprint density at radius 1 is 1.40 bits per heavy atom. The maximum absolute atomic E-state index is 10.6. The third-order valence-corrected chi connectivity index (χ3v) is 1.66. The van der Waals surface area contributed by atoms with Gasteiger partial charge in [0, 0.05) is 6.42 Å². The molecular formula is C9H16O. The van der Waals surface area contributed by atoms with E-state index in [1.165, 1.54) is 5.57 Å². The van der Waals surface area contributed by atoms with Gasteiger partial charge < -0.3 is 4.79 Å². The van der Waals surface area contributed by atoms with E-state index in [-0.39, 0.29) is 5.78 Å². The van der Waals surface area contributed by atoms with Crippen LogP contribution in [0.5, 0.6) is 0 Å². The van der Waals surface area contributed by atoms with E-state index in [9.17, 15) is 4.79 Å². The van der Waals surface area contributed by atoms with Gasteiger partial charge in [0.25, 0.3) is 0 Å². The third-order valence-electron chi connectivity index (χ3n) is 1.66. The summed E-state index contributed by atoms with van der Waals surface area (Å²) in [5, 5.41) is 0. The van der Waals surface area contributed by atoms with Crippen molar-refractivity contribution in [2.24, 2.45) is 0 Å². The summed E-state index contributed by atoms with van der Waals surface area (Å²) in [6.07, 6.45) is 4.82. The number of hydrogen-bond acceptors (Lipinski definition) is 1. The second-order valence-corrected chi connectivity index (χ2v) is 2.50. The number of carbonyl (C=O) groups excluding carboxylic acids is 1. The summed E-state index contributed by atoms with van der Waals surface area (Å²) in [4.78, 5) is 10.6. The van der Waals surface area contributed by atoms with Crippen LogP contribution >= 0.6 is 0 Å². The minimum Gasteiger partial charge on any atom is -0.300 e. The van der Waals surface area contributed by atoms with Gasteiger partial charge in [-0.25, -0.2) is 0 Å². The van der Waals surface area contributed by atoms with Crippen molar-refractivity contribution in [3.05, 3.63) is 11.6 Å². The van der Waals surface area contributed by atoms with E-state index >= 15 is 0 Å². The first-order valence-corrected chi connectivity index (χ1v) is 3.84. The van der Waals surface area contributed by atoms with Crippen LogP contribution in [-0.4, -0.2) is 5.78 Å². The zero-order valence-electron chi connectivity index (χ0n) is 7.11. The van der Waals surface area contributed by atoms with E-state index in [4.69, 9.17) is 0 Å². The molecule has 0 unspecified atom stereocenters. The molecule has 0 aliphatic rings. The Morgan fingerprint density at radius 2 is 2.00 bits per heavy atom. The highest BCUT2D eigenvalue weighted by Gasteiger charge is 1.95. The molecule has 0 aromatic carbocycles. The van der Waals surface area contributed by atoms with Crippen LogP contribution in [0.25, 0.3) is 0 Å². The Morgan fingerprint density at radius 3 is 2.30 bits per heavy atom. The summed E-state index contributed by atoms with van der Waals surface area (Å²) in [5.41, 5.74) is 1.38. The molecule has 0 saturated heterocycles. The zero-order valence-corrected chi connectivity index (χ0v) is 7.11. The average Bonchev–Trinajstić information content (AvgIpc) is 1.90. The molecule has 0 radical (unpaired) electrons. The maximum Gasteiger partial charge on any atom is 0.130 e. The quantitative estimate of drug-likeness (QED) is 0.549. The average molecular weight is 140 g/mol. The van der Waals surface area contributed by atoms with E-state index in [1.807, 2.05) is 6.92 Å². The molecule has 58 valence electrons. The molecule has 0 N–H and O–H groups in total.